The van der Waals surface area contributed by atoms with Gasteiger partial charge in [0.05, 0.1) is 10.6 Å². The van der Waals surface area contributed by atoms with Crippen molar-refractivity contribution in [1.29, 1.82) is 0 Å². The van der Waals surface area contributed by atoms with Crippen LogP contribution in [0, 0.1) is 6.92 Å². The molecule has 2 amide bonds. The first-order valence-electron chi connectivity index (χ1n) is 12.7. The number of halogens is 3. The van der Waals surface area contributed by atoms with Gasteiger partial charge in [-0.1, -0.05) is 75.9 Å². The zero-order chi connectivity index (χ0) is 29.6. The first-order valence-corrected chi connectivity index (χ1v) is 15.7. The van der Waals surface area contributed by atoms with E-state index in [1.165, 1.54) is 35.2 Å². The largest absolute Gasteiger partial charge is 0.352 e. The van der Waals surface area contributed by atoms with E-state index in [4.69, 9.17) is 23.2 Å². The van der Waals surface area contributed by atoms with Gasteiger partial charge in [-0.05, 0) is 75.2 Å². The number of nitrogens with zero attached hydrogens (tertiary/aromatic N) is 2. The summed E-state index contributed by atoms with van der Waals surface area (Å²) in [6, 6.07) is 17.0. The molecule has 3 rings (SSSR count). The quantitative estimate of drug-likeness (QED) is 0.250. The van der Waals surface area contributed by atoms with Crippen LogP contribution in [0.1, 0.15) is 38.3 Å². The molecule has 3 aromatic carbocycles. The molecule has 0 saturated carbocycles. The van der Waals surface area contributed by atoms with Crippen molar-refractivity contribution < 1.29 is 18.0 Å². The van der Waals surface area contributed by atoms with Crippen molar-refractivity contribution in [3.8, 4) is 0 Å². The van der Waals surface area contributed by atoms with Crippen molar-refractivity contribution in [2.24, 2.45) is 0 Å². The molecule has 0 aromatic heterocycles. The molecule has 0 bridgehead atoms. The van der Waals surface area contributed by atoms with Gasteiger partial charge < -0.3 is 10.2 Å². The number of nitrogens with one attached hydrogen (secondary N) is 1. The molecule has 0 aliphatic carbocycles. The Bertz CT molecular complexity index is 1430. The zero-order valence-corrected chi connectivity index (χ0v) is 26.6. The van der Waals surface area contributed by atoms with E-state index < -0.39 is 28.5 Å². The van der Waals surface area contributed by atoms with Gasteiger partial charge in [-0.2, -0.15) is 0 Å². The van der Waals surface area contributed by atoms with Crippen LogP contribution < -0.4 is 9.62 Å². The number of aryl methyl sites for hydroxylation is 1. The summed E-state index contributed by atoms with van der Waals surface area (Å²) >= 11 is 15.9. The number of carbonyl (C=O) groups excluding carboxylic acids is 2. The Morgan fingerprint density at radius 3 is 2.08 bits per heavy atom. The molecule has 0 radical (unpaired) electrons. The molecule has 11 heteroatoms. The normalized spacial score (nSPS) is 12.9. The Morgan fingerprint density at radius 2 is 1.52 bits per heavy atom. The summed E-state index contributed by atoms with van der Waals surface area (Å²) in [7, 11) is -4.22. The molecule has 0 saturated heterocycles. The van der Waals surface area contributed by atoms with Crippen molar-refractivity contribution in [1.82, 2.24) is 10.2 Å². The third kappa shape index (κ3) is 8.22. The van der Waals surface area contributed by atoms with Crippen LogP contribution in [0.25, 0.3) is 0 Å². The van der Waals surface area contributed by atoms with E-state index in [2.05, 4.69) is 21.2 Å². The van der Waals surface area contributed by atoms with Crippen LogP contribution in [-0.2, 0) is 26.2 Å². The molecule has 0 aliphatic heterocycles. The lowest BCUT2D eigenvalue weighted by Gasteiger charge is -2.32. The number of carbonyl (C=O) groups is 2. The highest BCUT2D eigenvalue weighted by Gasteiger charge is 2.33. The zero-order valence-electron chi connectivity index (χ0n) is 22.7. The molecule has 3 aromatic rings. The number of benzene rings is 3. The standard InChI is InChI=1S/C29H32BrCl2N3O4S/c1-5-20(3)33-29(37)21(4)34(17-22-8-10-23(30)11-9-22)28(36)18-35(26-15-24(31)14-25(32)16-26)40(38,39)27-12-6-19(2)7-13-27/h6-16,20-21H,5,17-18H2,1-4H3,(H,33,37). The van der Waals surface area contributed by atoms with Gasteiger partial charge in [0.15, 0.2) is 0 Å². The Kier molecular flexibility index (Phi) is 11.1. The van der Waals surface area contributed by atoms with Crippen LogP contribution in [0.2, 0.25) is 10.0 Å². The second-order valence-corrected chi connectivity index (χ2v) is 13.2. The summed E-state index contributed by atoms with van der Waals surface area (Å²) in [5.74, 6) is -0.903. The predicted molar refractivity (Wildman–Crippen MR) is 164 cm³/mol. The topological polar surface area (TPSA) is 86.8 Å². The molecule has 0 fully saturated rings. The van der Waals surface area contributed by atoms with Crippen molar-refractivity contribution in [2.75, 3.05) is 10.8 Å². The SMILES string of the molecule is CCC(C)NC(=O)C(C)N(Cc1ccc(Br)cc1)C(=O)CN(c1cc(Cl)cc(Cl)c1)S(=O)(=O)c1ccc(C)cc1. The molecule has 2 atom stereocenters. The Labute approximate surface area is 254 Å². The minimum Gasteiger partial charge on any atom is -0.352 e. The molecule has 2 unspecified atom stereocenters. The fourth-order valence-corrected chi connectivity index (χ4v) is 6.06. The second kappa shape index (κ2) is 13.9. The molecule has 1 N–H and O–H groups in total. The number of amides is 2. The van der Waals surface area contributed by atoms with E-state index in [1.54, 1.807) is 19.1 Å². The summed E-state index contributed by atoms with van der Waals surface area (Å²) in [6.45, 7) is 6.82. The van der Waals surface area contributed by atoms with E-state index >= 15 is 0 Å². The lowest BCUT2D eigenvalue weighted by atomic mass is 10.1. The van der Waals surface area contributed by atoms with Gasteiger partial charge in [0, 0.05) is 27.1 Å². The molecule has 0 spiro atoms. The van der Waals surface area contributed by atoms with E-state index in [9.17, 15) is 18.0 Å². The Morgan fingerprint density at radius 1 is 0.950 bits per heavy atom. The van der Waals surface area contributed by atoms with Gasteiger partial charge >= 0.3 is 0 Å². The van der Waals surface area contributed by atoms with Crippen molar-refractivity contribution in [3.05, 3.63) is 92.4 Å². The van der Waals surface area contributed by atoms with Crippen molar-refractivity contribution >= 4 is 66.7 Å². The van der Waals surface area contributed by atoms with Gasteiger partial charge in [0.25, 0.3) is 10.0 Å². The van der Waals surface area contributed by atoms with E-state index in [-0.39, 0.29) is 39.1 Å². The molecular formula is C29H32BrCl2N3O4S. The van der Waals surface area contributed by atoms with Crippen LogP contribution in [-0.4, -0.2) is 43.8 Å². The maximum Gasteiger partial charge on any atom is 0.264 e. The summed E-state index contributed by atoms with van der Waals surface area (Å²) in [6.07, 6.45) is 0.719. The lowest BCUT2D eigenvalue weighted by Crippen LogP contribution is -2.52. The predicted octanol–water partition coefficient (Wildman–Crippen LogP) is 6.59. The fourth-order valence-electron chi connectivity index (χ4n) is 3.88. The molecule has 40 heavy (non-hydrogen) atoms. The highest BCUT2D eigenvalue weighted by Crippen LogP contribution is 2.30. The van der Waals surface area contributed by atoms with Gasteiger partial charge in [0.1, 0.15) is 12.6 Å². The first kappa shape index (κ1) is 31.9. The average molecular weight is 669 g/mol. The maximum atomic E-state index is 14.0. The summed E-state index contributed by atoms with van der Waals surface area (Å²) in [5, 5.41) is 3.34. The fraction of sp³-hybridized carbons (Fsp3) is 0.310. The minimum atomic E-state index is -4.22. The van der Waals surface area contributed by atoms with E-state index in [0.717, 1.165) is 26.3 Å². The highest BCUT2D eigenvalue weighted by atomic mass is 79.9. The van der Waals surface area contributed by atoms with Crippen LogP contribution in [0.15, 0.2) is 76.1 Å². The lowest BCUT2D eigenvalue weighted by molar-refractivity contribution is -0.139. The van der Waals surface area contributed by atoms with Gasteiger partial charge in [-0.25, -0.2) is 8.42 Å². The Balaban J connectivity index is 2.05. The number of sulfonamides is 1. The van der Waals surface area contributed by atoms with Gasteiger partial charge in [-0.3, -0.25) is 13.9 Å². The Hall–Kier alpha value is -2.59. The molecule has 0 heterocycles. The number of anilines is 1. The van der Waals surface area contributed by atoms with E-state index in [1.807, 2.05) is 45.0 Å². The average Bonchev–Trinajstić information content (AvgIpc) is 2.90. The number of rotatable bonds is 11. The molecule has 7 nitrogen and oxygen atoms in total. The summed E-state index contributed by atoms with van der Waals surface area (Å²) < 4.78 is 29.6. The van der Waals surface area contributed by atoms with Crippen molar-refractivity contribution in [2.45, 2.75) is 57.6 Å². The summed E-state index contributed by atoms with van der Waals surface area (Å²) in [4.78, 5) is 28.5. The maximum absolute atomic E-state index is 14.0. The van der Waals surface area contributed by atoms with Crippen molar-refractivity contribution in [3.63, 3.8) is 0 Å². The molecule has 0 aliphatic rings. The number of hydrogen-bond acceptors (Lipinski definition) is 4. The van der Waals surface area contributed by atoms with Gasteiger partial charge in [-0.15, -0.1) is 0 Å². The first-order chi connectivity index (χ1) is 18.8. The third-order valence-electron chi connectivity index (χ3n) is 6.46. The number of hydrogen-bond donors (Lipinski definition) is 1. The van der Waals surface area contributed by atoms with Crippen LogP contribution >= 0.6 is 39.1 Å². The second-order valence-electron chi connectivity index (χ2n) is 9.59. The third-order valence-corrected chi connectivity index (χ3v) is 9.21. The van der Waals surface area contributed by atoms with Crippen LogP contribution in [0.3, 0.4) is 0 Å². The smallest absolute Gasteiger partial charge is 0.264 e. The minimum absolute atomic E-state index is 0.00372. The van der Waals surface area contributed by atoms with Gasteiger partial charge in [0.2, 0.25) is 11.8 Å². The molecule has 214 valence electrons. The molecular weight excluding hydrogens is 637 g/mol. The monoisotopic (exact) mass is 667 g/mol. The van der Waals surface area contributed by atoms with Crippen LogP contribution in [0.4, 0.5) is 5.69 Å². The highest BCUT2D eigenvalue weighted by molar-refractivity contribution is 9.10. The van der Waals surface area contributed by atoms with Crippen LogP contribution in [0.5, 0.6) is 0 Å². The summed E-state index contributed by atoms with van der Waals surface area (Å²) in [5.41, 5.74) is 1.79. The van der Waals surface area contributed by atoms with E-state index in [0.29, 0.717) is 0 Å².